The molecule has 0 aliphatic heterocycles. The van der Waals surface area contributed by atoms with Crippen LogP contribution in [-0.4, -0.2) is 24.8 Å². The number of ether oxygens (including phenoxy) is 2. The summed E-state index contributed by atoms with van der Waals surface area (Å²) in [4.78, 5) is 12.2. The lowest BCUT2D eigenvalue weighted by atomic mass is 10.1. The number of benzene rings is 1. The highest BCUT2D eigenvalue weighted by molar-refractivity contribution is 9.10. The molecule has 0 radical (unpaired) electrons. The molecular formula is C17H17BrO4S. The quantitative estimate of drug-likeness (QED) is 0.673. The van der Waals surface area contributed by atoms with E-state index in [0.29, 0.717) is 23.0 Å². The molecule has 0 saturated carbocycles. The Balaban J connectivity index is 2.45. The SMILES string of the molecule is CCCOc1c(Br)cc(/C=C(\C(=O)O)c2cccs2)cc1OC. The summed E-state index contributed by atoms with van der Waals surface area (Å²) in [7, 11) is 1.56. The van der Waals surface area contributed by atoms with Crippen LogP contribution >= 0.6 is 27.3 Å². The molecule has 0 saturated heterocycles. The van der Waals surface area contributed by atoms with Gasteiger partial charge in [0.05, 0.1) is 23.8 Å². The van der Waals surface area contributed by atoms with Crippen molar-refractivity contribution in [2.45, 2.75) is 13.3 Å². The molecule has 0 fully saturated rings. The van der Waals surface area contributed by atoms with Crippen LogP contribution in [-0.2, 0) is 4.79 Å². The number of carboxylic acids is 1. The summed E-state index contributed by atoms with van der Waals surface area (Å²) in [6, 6.07) is 7.21. The number of methoxy groups -OCH3 is 1. The molecule has 0 bridgehead atoms. The first-order valence-corrected chi connectivity index (χ1v) is 8.73. The zero-order valence-electron chi connectivity index (χ0n) is 12.8. The van der Waals surface area contributed by atoms with Crippen molar-refractivity contribution in [2.75, 3.05) is 13.7 Å². The Labute approximate surface area is 147 Å². The highest BCUT2D eigenvalue weighted by Gasteiger charge is 2.15. The fourth-order valence-electron chi connectivity index (χ4n) is 2.00. The lowest BCUT2D eigenvalue weighted by Gasteiger charge is -2.13. The average Bonchev–Trinajstić information content (AvgIpc) is 3.04. The molecule has 2 rings (SSSR count). The van der Waals surface area contributed by atoms with Gasteiger partial charge in [0.2, 0.25) is 0 Å². The second kappa shape index (κ2) is 8.17. The molecule has 0 spiro atoms. The van der Waals surface area contributed by atoms with Crippen LogP contribution in [0.4, 0.5) is 0 Å². The van der Waals surface area contributed by atoms with Crippen molar-refractivity contribution < 1.29 is 19.4 Å². The fourth-order valence-corrected chi connectivity index (χ4v) is 3.31. The summed E-state index contributed by atoms with van der Waals surface area (Å²) >= 11 is 4.86. The summed E-state index contributed by atoms with van der Waals surface area (Å²) in [5, 5.41) is 11.3. The van der Waals surface area contributed by atoms with Gasteiger partial charge in [-0.3, -0.25) is 0 Å². The molecule has 6 heteroatoms. The minimum absolute atomic E-state index is 0.246. The first-order chi connectivity index (χ1) is 11.1. The molecule has 0 amide bonds. The lowest BCUT2D eigenvalue weighted by molar-refractivity contribution is -0.130. The number of thiophene rings is 1. The monoisotopic (exact) mass is 396 g/mol. The standard InChI is InChI=1S/C17H17BrO4S/c1-3-6-22-16-13(18)9-11(10-14(16)21-2)8-12(17(19)20)15-5-4-7-23-15/h4-5,7-10H,3,6H2,1-2H3,(H,19,20)/b12-8-. The molecule has 0 atom stereocenters. The average molecular weight is 397 g/mol. The number of hydrogen-bond donors (Lipinski definition) is 1. The van der Waals surface area contributed by atoms with Gasteiger partial charge >= 0.3 is 5.97 Å². The van der Waals surface area contributed by atoms with Gasteiger partial charge in [0.15, 0.2) is 11.5 Å². The normalized spacial score (nSPS) is 11.3. The number of carbonyl (C=O) groups is 1. The zero-order valence-corrected chi connectivity index (χ0v) is 15.2. The van der Waals surface area contributed by atoms with Crippen molar-refractivity contribution in [1.82, 2.24) is 0 Å². The second-order valence-electron chi connectivity index (χ2n) is 4.72. The predicted molar refractivity (Wildman–Crippen MR) is 96.3 cm³/mol. The Hall–Kier alpha value is -1.79. The van der Waals surface area contributed by atoms with E-state index in [-0.39, 0.29) is 5.57 Å². The Kier molecular flexibility index (Phi) is 6.24. The van der Waals surface area contributed by atoms with Gasteiger partial charge in [-0.25, -0.2) is 4.79 Å². The van der Waals surface area contributed by atoms with Gasteiger partial charge in [-0.05, 0) is 57.6 Å². The Morgan fingerprint density at radius 1 is 1.43 bits per heavy atom. The van der Waals surface area contributed by atoms with E-state index < -0.39 is 5.97 Å². The molecule has 23 heavy (non-hydrogen) atoms. The van der Waals surface area contributed by atoms with Crippen molar-refractivity contribution >= 4 is 44.9 Å². The first-order valence-electron chi connectivity index (χ1n) is 7.06. The van der Waals surface area contributed by atoms with Crippen LogP contribution < -0.4 is 9.47 Å². The van der Waals surface area contributed by atoms with Crippen molar-refractivity contribution in [2.24, 2.45) is 0 Å². The molecule has 122 valence electrons. The molecule has 2 aromatic rings. The first kappa shape index (κ1) is 17.6. The molecule has 0 aliphatic carbocycles. The number of carboxylic acid groups (broad SMARTS) is 1. The lowest BCUT2D eigenvalue weighted by Crippen LogP contribution is -2.00. The van der Waals surface area contributed by atoms with Crippen LogP contribution in [0, 0.1) is 0 Å². The third kappa shape index (κ3) is 4.36. The molecule has 0 unspecified atom stereocenters. The zero-order chi connectivity index (χ0) is 16.8. The van der Waals surface area contributed by atoms with Crippen LogP contribution in [0.3, 0.4) is 0 Å². The maximum atomic E-state index is 11.5. The topological polar surface area (TPSA) is 55.8 Å². The fraction of sp³-hybridized carbons (Fsp3) is 0.235. The van der Waals surface area contributed by atoms with Crippen molar-refractivity contribution in [3.8, 4) is 11.5 Å². The van der Waals surface area contributed by atoms with E-state index in [1.807, 2.05) is 24.4 Å². The van der Waals surface area contributed by atoms with Gasteiger partial charge in [-0.2, -0.15) is 0 Å². The summed E-state index contributed by atoms with van der Waals surface area (Å²) in [5.41, 5.74) is 0.972. The van der Waals surface area contributed by atoms with E-state index >= 15 is 0 Å². The van der Waals surface area contributed by atoms with E-state index in [4.69, 9.17) is 9.47 Å². The second-order valence-corrected chi connectivity index (χ2v) is 6.53. The van der Waals surface area contributed by atoms with Crippen LogP contribution in [0.15, 0.2) is 34.1 Å². The summed E-state index contributed by atoms with van der Waals surface area (Å²) in [5.74, 6) is 0.225. The summed E-state index contributed by atoms with van der Waals surface area (Å²) in [6.07, 6.45) is 2.52. The van der Waals surface area contributed by atoms with E-state index in [1.165, 1.54) is 11.3 Å². The van der Waals surface area contributed by atoms with Gasteiger partial charge in [0.1, 0.15) is 0 Å². The van der Waals surface area contributed by atoms with E-state index in [1.54, 1.807) is 25.3 Å². The molecule has 4 nitrogen and oxygen atoms in total. The van der Waals surface area contributed by atoms with Crippen LogP contribution in [0.2, 0.25) is 0 Å². The summed E-state index contributed by atoms with van der Waals surface area (Å²) < 4.78 is 11.8. The molecular weight excluding hydrogens is 380 g/mol. The number of aliphatic carboxylic acids is 1. The number of hydrogen-bond acceptors (Lipinski definition) is 4. The highest BCUT2D eigenvalue weighted by atomic mass is 79.9. The van der Waals surface area contributed by atoms with Crippen molar-refractivity contribution in [3.05, 3.63) is 44.6 Å². The van der Waals surface area contributed by atoms with Crippen LogP contribution in [0.1, 0.15) is 23.8 Å². The molecule has 0 aliphatic rings. The third-order valence-electron chi connectivity index (χ3n) is 3.03. The minimum atomic E-state index is -0.964. The van der Waals surface area contributed by atoms with Gasteiger partial charge in [-0.1, -0.05) is 13.0 Å². The van der Waals surface area contributed by atoms with Crippen molar-refractivity contribution in [3.63, 3.8) is 0 Å². The van der Waals surface area contributed by atoms with E-state index in [9.17, 15) is 9.90 Å². The highest BCUT2D eigenvalue weighted by Crippen LogP contribution is 2.38. The maximum Gasteiger partial charge on any atom is 0.337 e. The molecule has 1 aromatic carbocycles. The van der Waals surface area contributed by atoms with Gasteiger partial charge in [0.25, 0.3) is 0 Å². The van der Waals surface area contributed by atoms with Gasteiger partial charge in [0, 0.05) is 4.88 Å². The smallest absolute Gasteiger partial charge is 0.337 e. The number of halogens is 1. The third-order valence-corrected chi connectivity index (χ3v) is 4.52. The number of rotatable bonds is 7. The van der Waals surface area contributed by atoms with Crippen LogP contribution in [0.25, 0.3) is 11.6 Å². The van der Waals surface area contributed by atoms with E-state index in [0.717, 1.165) is 16.5 Å². The Morgan fingerprint density at radius 3 is 2.78 bits per heavy atom. The predicted octanol–water partition coefficient (Wildman–Crippen LogP) is 4.93. The van der Waals surface area contributed by atoms with E-state index in [2.05, 4.69) is 15.9 Å². The summed E-state index contributed by atoms with van der Waals surface area (Å²) in [6.45, 7) is 2.61. The Bertz CT molecular complexity index is 708. The van der Waals surface area contributed by atoms with Crippen LogP contribution in [0.5, 0.6) is 11.5 Å². The minimum Gasteiger partial charge on any atom is -0.493 e. The molecule has 1 heterocycles. The van der Waals surface area contributed by atoms with Crippen molar-refractivity contribution in [1.29, 1.82) is 0 Å². The molecule has 1 aromatic heterocycles. The van der Waals surface area contributed by atoms with Gasteiger partial charge in [-0.15, -0.1) is 11.3 Å². The largest absolute Gasteiger partial charge is 0.493 e. The van der Waals surface area contributed by atoms with Gasteiger partial charge < -0.3 is 14.6 Å². The molecule has 1 N–H and O–H groups in total. The Morgan fingerprint density at radius 2 is 2.22 bits per heavy atom. The maximum absolute atomic E-state index is 11.5.